The number of hydrogen-bond donors (Lipinski definition) is 2. The second-order valence-electron chi connectivity index (χ2n) is 13.9. The molecular formula is C38H45F3N4O4. The average molecular weight is 679 g/mol. The van der Waals surface area contributed by atoms with Gasteiger partial charge in [0.25, 0.3) is 0 Å². The average Bonchev–Trinajstić information content (AvgIpc) is 3.33. The van der Waals surface area contributed by atoms with Crippen molar-refractivity contribution < 1.29 is 32.6 Å². The topological polar surface area (TPSA) is 95.0 Å². The van der Waals surface area contributed by atoms with E-state index in [-0.39, 0.29) is 38.1 Å². The van der Waals surface area contributed by atoms with Gasteiger partial charge in [-0.25, -0.2) is 4.79 Å². The van der Waals surface area contributed by atoms with E-state index in [2.05, 4.69) is 40.6 Å². The van der Waals surface area contributed by atoms with Crippen molar-refractivity contribution in [1.82, 2.24) is 20.1 Å². The molecular weight excluding hydrogens is 633 g/mol. The normalized spacial score (nSPS) is 22.7. The molecule has 3 aromatic rings. The minimum atomic E-state index is -4.38. The zero-order chi connectivity index (χ0) is 34.7. The molecule has 1 aliphatic heterocycles. The molecule has 8 nitrogen and oxygen atoms in total. The number of aromatic nitrogens is 1. The minimum Gasteiger partial charge on any atom is -0.480 e. The first-order chi connectivity index (χ1) is 23.5. The Bertz CT molecular complexity index is 1810. The molecule has 1 aromatic heterocycles. The predicted molar refractivity (Wildman–Crippen MR) is 182 cm³/mol. The Morgan fingerprint density at radius 2 is 1.96 bits per heavy atom. The lowest BCUT2D eigenvalue weighted by Crippen LogP contribution is -2.57. The molecule has 0 unspecified atom stereocenters. The fraction of sp³-hybridized carbons (Fsp3) is 0.500. The van der Waals surface area contributed by atoms with Gasteiger partial charge in [-0.15, -0.1) is 0 Å². The lowest BCUT2D eigenvalue weighted by molar-refractivity contribution is -0.219. The zero-order valence-electron chi connectivity index (χ0n) is 28.1. The van der Waals surface area contributed by atoms with E-state index in [1.165, 1.54) is 10.5 Å². The molecule has 49 heavy (non-hydrogen) atoms. The van der Waals surface area contributed by atoms with Gasteiger partial charge in [-0.1, -0.05) is 42.8 Å². The second-order valence-corrected chi connectivity index (χ2v) is 13.9. The molecule has 11 heteroatoms. The van der Waals surface area contributed by atoms with E-state index in [1.807, 2.05) is 38.5 Å². The van der Waals surface area contributed by atoms with Crippen molar-refractivity contribution in [3.05, 3.63) is 75.9 Å². The van der Waals surface area contributed by atoms with Gasteiger partial charge in [0, 0.05) is 43.1 Å². The van der Waals surface area contributed by atoms with Crippen LogP contribution in [-0.4, -0.2) is 89.9 Å². The van der Waals surface area contributed by atoms with Crippen LogP contribution in [0.15, 0.2) is 48.7 Å². The molecule has 4 atom stereocenters. The number of hydrogen-bond acceptors (Lipinski definition) is 6. The summed E-state index contributed by atoms with van der Waals surface area (Å²) in [6.07, 6.45) is 3.82. The van der Waals surface area contributed by atoms with Crippen LogP contribution >= 0.6 is 0 Å². The number of carbonyl (C=O) groups is 2. The van der Waals surface area contributed by atoms with Gasteiger partial charge in [-0.3, -0.25) is 14.7 Å². The summed E-state index contributed by atoms with van der Waals surface area (Å²) in [6.45, 7) is 0.924. The van der Waals surface area contributed by atoms with E-state index in [0.29, 0.717) is 32.1 Å². The van der Waals surface area contributed by atoms with Crippen molar-refractivity contribution in [2.75, 3.05) is 33.9 Å². The molecule has 0 bridgehead atoms. The summed E-state index contributed by atoms with van der Waals surface area (Å²) in [5.41, 5.74) is 4.09. The largest absolute Gasteiger partial charge is 0.480 e. The van der Waals surface area contributed by atoms with Gasteiger partial charge in [0.1, 0.15) is 12.1 Å². The first-order valence-electron chi connectivity index (χ1n) is 17.3. The van der Waals surface area contributed by atoms with E-state index in [4.69, 9.17) is 9.72 Å². The molecule has 2 fully saturated rings. The summed E-state index contributed by atoms with van der Waals surface area (Å²) in [7, 11) is 4.09. The van der Waals surface area contributed by atoms with Crippen LogP contribution in [0.4, 0.5) is 13.2 Å². The maximum Gasteiger partial charge on any atom is 0.406 e. The summed E-state index contributed by atoms with van der Waals surface area (Å²) in [5.74, 6) is -1.93. The van der Waals surface area contributed by atoms with Crippen molar-refractivity contribution in [3.63, 3.8) is 0 Å². The Labute approximate surface area is 284 Å². The second kappa shape index (κ2) is 15.0. The van der Waals surface area contributed by atoms with Crippen LogP contribution in [0.3, 0.4) is 0 Å². The number of aliphatic carboxylic acids is 1. The van der Waals surface area contributed by atoms with E-state index < -0.39 is 30.1 Å². The van der Waals surface area contributed by atoms with Crippen LogP contribution in [0.1, 0.15) is 61.8 Å². The van der Waals surface area contributed by atoms with Gasteiger partial charge < -0.3 is 20.1 Å². The van der Waals surface area contributed by atoms with Crippen LogP contribution in [0.25, 0.3) is 22.4 Å². The summed E-state index contributed by atoms with van der Waals surface area (Å²) < 4.78 is 46.3. The summed E-state index contributed by atoms with van der Waals surface area (Å²) >= 11 is 0. The number of carboxylic acids is 1. The molecule has 0 radical (unpaired) electrons. The highest BCUT2D eigenvalue weighted by molar-refractivity contribution is 5.92. The van der Waals surface area contributed by atoms with Gasteiger partial charge in [0.05, 0.1) is 18.9 Å². The van der Waals surface area contributed by atoms with E-state index in [9.17, 15) is 27.9 Å². The Hall–Kier alpha value is -3.80. The van der Waals surface area contributed by atoms with Gasteiger partial charge in [0.15, 0.2) is 0 Å². The number of alkyl halides is 3. The third kappa shape index (κ3) is 8.00. The first-order valence-corrected chi connectivity index (χ1v) is 17.3. The number of rotatable bonds is 9. The number of morpholine rings is 1. The molecule has 1 saturated carbocycles. The highest BCUT2D eigenvalue weighted by atomic mass is 19.4. The minimum absolute atomic E-state index is 0.112. The fourth-order valence-electron chi connectivity index (χ4n) is 7.89. The van der Waals surface area contributed by atoms with Crippen LogP contribution in [0.5, 0.6) is 0 Å². The molecule has 2 N–H and O–H groups in total. The molecule has 262 valence electrons. The van der Waals surface area contributed by atoms with Gasteiger partial charge >= 0.3 is 12.1 Å². The number of nitrogens with zero attached hydrogens (tertiary/aromatic N) is 3. The fourth-order valence-corrected chi connectivity index (χ4v) is 7.89. The molecule has 2 aliphatic carbocycles. The molecule has 2 aromatic carbocycles. The highest BCUT2D eigenvalue weighted by Crippen LogP contribution is 2.34. The third-order valence-electron chi connectivity index (χ3n) is 10.2. The van der Waals surface area contributed by atoms with Crippen molar-refractivity contribution in [1.29, 1.82) is 0 Å². The lowest BCUT2D eigenvalue weighted by atomic mass is 9.90. The summed E-state index contributed by atoms with van der Waals surface area (Å²) in [5, 5.41) is 17.2. The maximum absolute atomic E-state index is 13.7. The van der Waals surface area contributed by atoms with E-state index >= 15 is 0 Å². The van der Waals surface area contributed by atoms with Crippen LogP contribution in [0, 0.1) is 5.92 Å². The molecule has 3 aliphatic rings. The van der Waals surface area contributed by atoms with Crippen LogP contribution in [-0.2, 0) is 27.3 Å². The molecule has 6 rings (SSSR count). The maximum atomic E-state index is 13.7. The molecule has 2 heterocycles. The van der Waals surface area contributed by atoms with Crippen molar-refractivity contribution in [2.24, 2.45) is 5.92 Å². The number of nitrogens with one attached hydrogen (secondary N) is 1. The lowest BCUT2D eigenvalue weighted by Gasteiger charge is -2.41. The quantitative estimate of drug-likeness (QED) is 0.325. The Morgan fingerprint density at radius 3 is 2.73 bits per heavy atom. The molecule has 1 amide bonds. The Kier molecular flexibility index (Phi) is 10.7. The standard InChI is InChI=1S/C38H45F3N4O4/c1-44(2)22-24-12-15-30-27(20-24)16-17-42-35(30)32-11-5-9-29-26(7-4-10-31(29)32)21-33(37(47)48)43-36(46)25-6-3-8-28(14-13-25)45-18-19-49-23-34(45)38(39,40)41/h4,7,9-10,12,15-17,20,25,28,33-34H,3,5-6,8,11,13-14,18-19,21-23H2,1-2H3,(H,43,46)(H,47,48)/t25-,28+,33+,34-/m1/s1. The van der Waals surface area contributed by atoms with Crippen molar-refractivity contribution >= 4 is 34.3 Å². The first kappa shape index (κ1) is 35.0. The number of carbonyl (C=O) groups excluding carboxylic acids is 1. The highest BCUT2D eigenvalue weighted by Gasteiger charge is 2.47. The number of ether oxygens (including phenoxy) is 1. The van der Waals surface area contributed by atoms with E-state index in [1.54, 1.807) is 0 Å². The summed E-state index contributed by atoms with van der Waals surface area (Å²) in [6, 6.07) is 11.3. The zero-order valence-corrected chi connectivity index (χ0v) is 28.1. The number of fused-ring (bicyclic) bond motifs is 2. The molecule has 0 spiro atoms. The predicted octanol–water partition coefficient (Wildman–Crippen LogP) is 4.39. The monoisotopic (exact) mass is 678 g/mol. The van der Waals surface area contributed by atoms with E-state index in [0.717, 1.165) is 57.4 Å². The number of benzene rings is 2. The van der Waals surface area contributed by atoms with Gasteiger partial charge in [0.2, 0.25) is 5.91 Å². The number of halogens is 3. The number of carboxylic acid groups (broad SMARTS) is 1. The number of pyridine rings is 1. The molecule has 1 saturated heterocycles. The number of amides is 1. The Morgan fingerprint density at radius 1 is 1.12 bits per heavy atom. The van der Waals surface area contributed by atoms with Crippen LogP contribution in [0.2, 0.25) is 0 Å². The van der Waals surface area contributed by atoms with Crippen molar-refractivity contribution in [3.8, 4) is 0 Å². The van der Waals surface area contributed by atoms with Crippen molar-refractivity contribution in [2.45, 2.75) is 82.2 Å². The third-order valence-corrected chi connectivity index (χ3v) is 10.2. The summed E-state index contributed by atoms with van der Waals surface area (Å²) in [4.78, 5) is 34.4. The van der Waals surface area contributed by atoms with Crippen LogP contribution < -0.4 is 15.8 Å². The SMILES string of the molecule is CN(C)Cc1ccc2c(C3=c4cccc(C[C@H](NC(=O)[C@@H]5CCC[C@H](N6CCOC[C@@H]6C(F)(F)F)CC5)C(=O)O)c4=CCC3)nccc2c1. The van der Waals surface area contributed by atoms with Gasteiger partial charge in [-0.05, 0) is 97.3 Å². The van der Waals surface area contributed by atoms with Gasteiger partial charge in [-0.2, -0.15) is 13.2 Å². The Balaban J connectivity index is 1.20. The smallest absolute Gasteiger partial charge is 0.406 e.